The zero-order chi connectivity index (χ0) is 29.2. The first-order valence-electron chi connectivity index (χ1n) is 13.6. The topological polar surface area (TPSA) is 64.7 Å². The number of nitrogens with zero attached hydrogens (tertiary/aromatic N) is 7. The number of rotatable bonds is 7. The maximum Gasteiger partial charge on any atom is 0.155 e. The van der Waals surface area contributed by atoms with E-state index >= 15 is 0 Å². The van der Waals surface area contributed by atoms with Crippen LogP contribution in [-0.2, 0) is 0 Å². The highest BCUT2D eigenvalue weighted by atomic mass is 35.5. The summed E-state index contributed by atoms with van der Waals surface area (Å²) in [5.74, 6) is 2.39. The van der Waals surface area contributed by atoms with Crippen molar-refractivity contribution in [1.29, 1.82) is 0 Å². The van der Waals surface area contributed by atoms with E-state index < -0.39 is 0 Å². The molecule has 0 fully saturated rings. The van der Waals surface area contributed by atoms with Gasteiger partial charge >= 0.3 is 0 Å². The lowest BCUT2D eigenvalue weighted by molar-refractivity contribution is 0.842. The molecule has 0 saturated carbocycles. The van der Waals surface area contributed by atoms with Crippen LogP contribution in [0.1, 0.15) is 0 Å². The summed E-state index contributed by atoms with van der Waals surface area (Å²) in [7, 11) is 0. The Bertz CT molecular complexity index is 1880. The molecule has 7 nitrogen and oxygen atoms in total. The Labute approximate surface area is 258 Å². The molecule has 9 heteroatoms. The van der Waals surface area contributed by atoms with Crippen LogP contribution in [0, 0.1) is 0 Å². The molecular weight excluding hydrogens is 577 g/mol. The highest BCUT2D eigenvalue weighted by Gasteiger charge is 2.22. The van der Waals surface area contributed by atoms with E-state index in [0.29, 0.717) is 39.0 Å². The first kappa shape index (κ1) is 26.6. The van der Waals surface area contributed by atoms with Crippen molar-refractivity contribution in [3.63, 3.8) is 0 Å². The number of para-hydroxylation sites is 1. The molecule has 3 aromatic carbocycles. The van der Waals surface area contributed by atoms with Crippen molar-refractivity contribution in [2.24, 2.45) is 0 Å². The second kappa shape index (κ2) is 11.6. The van der Waals surface area contributed by atoms with Crippen molar-refractivity contribution in [2.75, 3.05) is 4.90 Å². The minimum Gasteiger partial charge on any atom is -0.276 e. The van der Waals surface area contributed by atoms with Crippen molar-refractivity contribution in [2.45, 2.75) is 0 Å². The van der Waals surface area contributed by atoms with Gasteiger partial charge in [0.2, 0.25) is 0 Å². The molecule has 0 aliphatic rings. The van der Waals surface area contributed by atoms with Gasteiger partial charge < -0.3 is 0 Å². The van der Waals surface area contributed by atoms with Crippen LogP contribution >= 0.6 is 23.2 Å². The molecule has 0 amide bonds. The standard InChI is InChI=1S/C34H23Cl2N7/c35-26-14-7-15-27(36)34(26)43(32-18-8-16-30(37-32)41-22-20-28(39-41)24-10-3-1-4-11-24)33-19-9-17-31(38-33)42-23-21-29(40-42)25-12-5-2-6-13-25/h1-23H. The molecule has 0 unspecified atom stereocenters. The van der Waals surface area contributed by atoms with E-state index in [4.69, 9.17) is 43.4 Å². The highest BCUT2D eigenvalue weighted by Crippen LogP contribution is 2.42. The summed E-state index contributed by atoms with van der Waals surface area (Å²) in [5, 5.41) is 10.5. The average molecular weight is 601 g/mol. The fourth-order valence-corrected chi connectivity index (χ4v) is 5.37. The summed E-state index contributed by atoms with van der Waals surface area (Å²) in [4.78, 5) is 11.8. The van der Waals surface area contributed by atoms with Gasteiger partial charge in [0, 0.05) is 23.5 Å². The van der Waals surface area contributed by atoms with E-state index in [1.54, 1.807) is 21.5 Å². The van der Waals surface area contributed by atoms with Gasteiger partial charge in [0.25, 0.3) is 0 Å². The molecule has 0 aliphatic carbocycles. The van der Waals surface area contributed by atoms with Crippen LogP contribution in [0.3, 0.4) is 0 Å². The largest absolute Gasteiger partial charge is 0.276 e. The van der Waals surface area contributed by atoms with Crippen LogP contribution in [0.4, 0.5) is 17.3 Å². The Balaban J connectivity index is 1.31. The van der Waals surface area contributed by atoms with E-state index in [9.17, 15) is 0 Å². The average Bonchev–Trinajstić information content (AvgIpc) is 3.75. The molecule has 0 spiro atoms. The molecule has 0 atom stereocenters. The summed E-state index contributed by atoms with van der Waals surface area (Å²) in [6, 6.07) is 40.8. The third kappa shape index (κ3) is 5.39. The summed E-state index contributed by atoms with van der Waals surface area (Å²) in [5.41, 5.74) is 4.31. The maximum absolute atomic E-state index is 6.76. The minimum atomic E-state index is 0.461. The lowest BCUT2D eigenvalue weighted by Crippen LogP contribution is -2.16. The van der Waals surface area contributed by atoms with Gasteiger partial charge in [-0.05, 0) is 48.5 Å². The number of halogens is 2. The van der Waals surface area contributed by atoms with Crippen molar-refractivity contribution in [3.05, 3.63) is 150 Å². The predicted octanol–water partition coefficient (Wildman–Crippen LogP) is 8.96. The molecule has 0 radical (unpaired) electrons. The summed E-state index contributed by atoms with van der Waals surface area (Å²) < 4.78 is 3.49. The molecule has 0 saturated heterocycles. The van der Waals surface area contributed by atoms with E-state index in [1.807, 2.05) is 133 Å². The van der Waals surface area contributed by atoms with Crippen LogP contribution in [0.25, 0.3) is 34.2 Å². The fraction of sp³-hybridized carbons (Fsp3) is 0. The van der Waals surface area contributed by atoms with Crippen molar-refractivity contribution in [3.8, 4) is 34.2 Å². The summed E-state index contributed by atoms with van der Waals surface area (Å²) >= 11 is 13.5. The first-order valence-corrected chi connectivity index (χ1v) is 14.3. The van der Waals surface area contributed by atoms with Crippen molar-refractivity contribution in [1.82, 2.24) is 29.5 Å². The quantitative estimate of drug-likeness (QED) is 0.183. The zero-order valence-electron chi connectivity index (χ0n) is 22.7. The van der Waals surface area contributed by atoms with Gasteiger partial charge in [-0.3, -0.25) is 4.90 Å². The van der Waals surface area contributed by atoms with Crippen LogP contribution in [0.15, 0.2) is 140 Å². The number of hydrogen-bond donors (Lipinski definition) is 0. The third-order valence-corrected chi connectivity index (χ3v) is 7.46. The minimum absolute atomic E-state index is 0.461. The molecule has 0 aliphatic heterocycles. The predicted molar refractivity (Wildman–Crippen MR) is 172 cm³/mol. The molecule has 43 heavy (non-hydrogen) atoms. The third-order valence-electron chi connectivity index (χ3n) is 6.85. The van der Waals surface area contributed by atoms with Gasteiger partial charge in [-0.15, -0.1) is 0 Å². The Kier molecular flexibility index (Phi) is 7.17. The molecule has 4 heterocycles. The molecule has 7 rings (SSSR count). The van der Waals surface area contributed by atoms with Crippen molar-refractivity contribution < 1.29 is 0 Å². The lowest BCUT2D eigenvalue weighted by Gasteiger charge is -2.25. The molecule has 0 bridgehead atoms. The van der Waals surface area contributed by atoms with Gasteiger partial charge in [0.05, 0.1) is 27.1 Å². The monoisotopic (exact) mass is 599 g/mol. The second-order valence-corrected chi connectivity index (χ2v) is 10.5. The maximum atomic E-state index is 6.76. The second-order valence-electron chi connectivity index (χ2n) is 9.64. The van der Waals surface area contributed by atoms with Crippen LogP contribution in [0.5, 0.6) is 0 Å². The molecular formula is C34H23Cl2N7. The normalized spacial score (nSPS) is 11.0. The Morgan fingerprint density at radius 3 is 1.37 bits per heavy atom. The number of pyridine rings is 2. The SMILES string of the molecule is Clc1cccc(Cl)c1N(c1cccc(-n2ccc(-c3ccccc3)n2)n1)c1cccc(-n2ccc(-c3ccccc3)n2)n1. The summed E-state index contributed by atoms with van der Waals surface area (Å²) in [6.45, 7) is 0. The van der Waals surface area contributed by atoms with Gasteiger partial charge in [-0.2, -0.15) is 10.2 Å². The molecule has 208 valence electrons. The molecule has 0 N–H and O–H groups in total. The zero-order valence-corrected chi connectivity index (χ0v) is 24.2. The first-order chi connectivity index (χ1) is 21.1. The van der Waals surface area contributed by atoms with Gasteiger partial charge in [-0.1, -0.05) is 102 Å². The Hall–Kier alpha value is -5.24. The Morgan fingerprint density at radius 2 is 0.907 bits per heavy atom. The fourth-order valence-electron chi connectivity index (χ4n) is 4.81. The molecule has 4 aromatic heterocycles. The molecule has 7 aromatic rings. The van der Waals surface area contributed by atoms with Gasteiger partial charge in [0.15, 0.2) is 11.6 Å². The number of hydrogen-bond acceptors (Lipinski definition) is 5. The smallest absolute Gasteiger partial charge is 0.155 e. The van der Waals surface area contributed by atoms with Crippen LogP contribution in [-0.4, -0.2) is 29.5 Å². The van der Waals surface area contributed by atoms with E-state index in [-0.39, 0.29) is 0 Å². The van der Waals surface area contributed by atoms with Gasteiger partial charge in [0.1, 0.15) is 11.6 Å². The number of anilines is 3. The summed E-state index contributed by atoms with van der Waals surface area (Å²) in [6.07, 6.45) is 3.78. The highest BCUT2D eigenvalue weighted by molar-refractivity contribution is 6.39. The Morgan fingerprint density at radius 1 is 0.465 bits per heavy atom. The van der Waals surface area contributed by atoms with E-state index in [0.717, 1.165) is 22.5 Å². The van der Waals surface area contributed by atoms with E-state index in [2.05, 4.69) is 0 Å². The van der Waals surface area contributed by atoms with Gasteiger partial charge in [-0.25, -0.2) is 19.3 Å². The number of aromatic nitrogens is 6. The van der Waals surface area contributed by atoms with Crippen LogP contribution in [0.2, 0.25) is 10.0 Å². The number of benzene rings is 3. The van der Waals surface area contributed by atoms with E-state index in [1.165, 1.54) is 0 Å². The van der Waals surface area contributed by atoms with Crippen LogP contribution < -0.4 is 4.90 Å². The lowest BCUT2D eigenvalue weighted by atomic mass is 10.2. The van der Waals surface area contributed by atoms with Crippen molar-refractivity contribution >= 4 is 40.5 Å².